The molecule has 2 N–H and O–H groups in total. The van der Waals surface area contributed by atoms with Crippen LogP contribution >= 0.6 is 0 Å². The number of aromatic nitrogens is 2. The smallest absolute Gasteiger partial charge is 0.126 e. The number of pyridine rings is 2. The standard InChI is InChI=1S/C21H19FN4/c22-18-6-2-1-5-16(18)10-14-26-21(17-8-12-24-13-9-17)15-19(23)20-7-3-4-11-25-20/h1-9,11-13,15,23,26H,10,14H2/b21-15-,23-19?. The SMILES string of the molecule is N=C(/C=C(\NCCc1ccccc1F)c1ccncc1)c1ccccn1. The molecule has 0 aliphatic heterocycles. The summed E-state index contributed by atoms with van der Waals surface area (Å²) >= 11 is 0. The van der Waals surface area contributed by atoms with Crippen molar-refractivity contribution in [2.24, 2.45) is 0 Å². The van der Waals surface area contributed by atoms with E-state index < -0.39 is 0 Å². The van der Waals surface area contributed by atoms with E-state index in [1.165, 1.54) is 6.07 Å². The second kappa shape index (κ2) is 8.67. The van der Waals surface area contributed by atoms with Crippen LogP contribution in [0.4, 0.5) is 4.39 Å². The second-order valence-corrected chi connectivity index (χ2v) is 5.69. The first-order chi connectivity index (χ1) is 12.7. The highest BCUT2D eigenvalue weighted by Crippen LogP contribution is 2.13. The lowest BCUT2D eigenvalue weighted by atomic mass is 10.1. The quantitative estimate of drug-likeness (QED) is 0.639. The van der Waals surface area contributed by atoms with Gasteiger partial charge in [-0.15, -0.1) is 0 Å². The topological polar surface area (TPSA) is 61.7 Å². The van der Waals surface area contributed by atoms with Crippen LogP contribution in [0.25, 0.3) is 5.70 Å². The van der Waals surface area contributed by atoms with Crippen LogP contribution in [0.2, 0.25) is 0 Å². The Bertz CT molecular complexity index is 892. The Morgan fingerprint density at radius 1 is 1.00 bits per heavy atom. The van der Waals surface area contributed by atoms with Gasteiger partial charge in [-0.25, -0.2) is 4.39 Å². The lowest BCUT2D eigenvalue weighted by Gasteiger charge is -2.12. The van der Waals surface area contributed by atoms with Gasteiger partial charge in [-0.05, 0) is 48.4 Å². The maximum absolute atomic E-state index is 13.8. The molecule has 3 rings (SSSR count). The molecule has 0 aliphatic rings. The van der Waals surface area contributed by atoms with E-state index >= 15 is 0 Å². The summed E-state index contributed by atoms with van der Waals surface area (Å²) in [7, 11) is 0. The molecule has 0 radical (unpaired) electrons. The van der Waals surface area contributed by atoms with Crippen molar-refractivity contribution in [3.05, 3.63) is 102 Å². The predicted molar refractivity (Wildman–Crippen MR) is 101 cm³/mol. The summed E-state index contributed by atoms with van der Waals surface area (Å²) in [5.74, 6) is -0.204. The number of nitrogens with one attached hydrogen (secondary N) is 2. The van der Waals surface area contributed by atoms with E-state index in [0.717, 1.165) is 11.3 Å². The third-order valence-electron chi connectivity index (χ3n) is 3.89. The molecule has 0 atom stereocenters. The monoisotopic (exact) mass is 346 g/mol. The minimum atomic E-state index is -0.204. The summed E-state index contributed by atoms with van der Waals surface area (Å²) in [6.45, 7) is 0.546. The molecule has 0 amide bonds. The first kappa shape index (κ1) is 17.5. The summed E-state index contributed by atoms with van der Waals surface area (Å²) in [4.78, 5) is 8.24. The summed E-state index contributed by atoms with van der Waals surface area (Å²) < 4.78 is 13.8. The summed E-state index contributed by atoms with van der Waals surface area (Å²) in [6, 6.07) is 16.0. The number of halogens is 1. The molecule has 0 saturated carbocycles. The van der Waals surface area contributed by atoms with Gasteiger partial charge in [-0.3, -0.25) is 15.4 Å². The van der Waals surface area contributed by atoms with E-state index in [2.05, 4.69) is 15.3 Å². The van der Waals surface area contributed by atoms with E-state index in [4.69, 9.17) is 5.41 Å². The molecule has 0 bridgehead atoms. The normalized spacial score (nSPS) is 11.2. The molecule has 4 nitrogen and oxygen atoms in total. The van der Waals surface area contributed by atoms with Crippen molar-refractivity contribution in [2.45, 2.75) is 6.42 Å². The summed E-state index contributed by atoms with van der Waals surface area (Å²) in [5.41, 5.74) is 3.24. The molecule has 26 heavy (non-hydrogen) atoms. The number of benzene rings is 1. The van der Waals surface area contributed by atoms with Crippen molar-refractivity contribution in [2.75, 3.05) is 6.54 Å². The molecule has 0 aliphatic carbocycles. The van der Waals surface area contributed by atoms with Crippen LogP contribution in [0.5, 0.6) is 0 Å². The number of nitrogens with zero attached hydrogens (tertiary/aromatic N) is 2. The Kier molecular flexibility index (Phi) is 5.83. The van der Waals surface area contributed by atoms with Crippen LogP contribution in [0.1, 0.15) is 16.8 Å². The zero-order valence-electron chi connectivity index (χ0n) is 14.2. The van der Waals surface area contributed by atoms with Crippen molar-refractivity contribution in [1.82, 2.24) is 15.3 Å². The van der Waals surface area contributed by atoms with Gasteiger partial charge < -0.3 is 5.32 Å². The van der Waals surface area contributed by atoms with Crippen molar-refractivity contribution < 1.29 is 4.39 Å². The Hall–Kier alpha value is -3.34. The van der Waals surface area contributed by atoms with Gasteiger partial charge in [0, 0.05) is 36.4 Å². The molecule has 2 heterocycles. The molecule has 0 fully saturated rings. The van der Waals surface area contributed by atoms with E-state index in [1.807, 2.05) is 30.3 Å². The van der Waals surface area contributed by atoms with Gasteiger partial charge in [-0.1, -0.05) is 24.3 Å². The molecule has 0 saturated heterocycles. The zero-order valence-corrected chi connectivity index (χ0v) is 14.2. The van der Waals surface area contributed by atoms with E-state index in [-0.39, 0.29) is 5.82 Å². The maximum Gasteiger partial charge on any atom is 0.126 e. The van der Waals surface area contributed by atoms with Crippen LogP contribution in [-0.4, -0.2) is 22.2 Å². The molecule has 0 unspecified atom stereocenters. The Morgan fingerprint density at radius 2 is 1.77 bits per heavy atom. The first-order valence-electron chi connectivity index (χ1n) is 8.33. The molecule has 130 valence electrons. The fourth-order valence-electron chi connectivity index (χ4n) is 2.54. The lowest BCUT2D eigenvalue weighted by molar-refractivity contribution is 0.607. The van der Waals surface area contributed by atoms with Gasteiger partial charge in [0.15, 0.2) is 0 Å². The van der Waals surface area contributed by atoms with Crippen molar-refractivity contribution in [3.8, 4) is 0 Å². The van der Waals surface area contributed by atoms with Crippen molar-refractivity contribution >= 4 is 11.4 Å². The summed E-state index contributed by atoms with van der Waals surface area (Å²) in [6.07, 6.45) is 7.35. The summed E-state index contributed by atoms with van der Waals surface area (Å²) in [5, 5.41) is 11.6. The fraction of sp³-hybridized carbons (Fsp3) is 0.0952. The minimum absolute atomic E-state index is 0.204. The average Bonchev–Trinajstić information content (AvgIpc) is 2.70. The molecular formula is C21H19FN4. The van der Waals surface area contributed by atoms with Crippen molar-refractivity contribution in [1.29, 1.82) is 5.41 Å². The van der Waals surface area contributed by atoms with E-state index in [0.29, 0.717) is 29.9 Å². The zero-order chi connectivity index (χ0) is 18.2. The molecular weight excluding hydrogens is 327 g/mol. The average molecular weight is 346 g/mol. The van der Waals surface area contributed by atoms with Gasteiger partial charge in [-0.2, -0.15) is 0 Å². The first-order valence-corrected chi connectivity index (χ1v) is 8.33. The predicted octanol–water partition coefficient (Wildman–Crippen LogP) is 3.86. The number of hydrogen-bond acceptors (Lipinski definition) is 4. The lowest BCUT2D eigenvalue weighted by Crippen LogP contribution is -2.17. The number of rotatable bonds is 7. The van der Waals surface area contributed by atoms with Gasteiger partial charge in [0.25, 0.3) is 0 Å². The molecule has 2 aromatic heterocycles. The number of hydrogen-bond donors (Lipinski definition) is 2. The van der Waals surface area contributed by atoms with Crippen LogP contribution in [0.3, 0.4) is 0 Å². The molecule has 0 spiro atoms. The van der Waals surface area contributed by atoms with Crippen LogP contribution in [-0.2, 0) is 6.42 Å². The number of allylic oxidation sites excluding steroid dienone is 1. The van der Waals surface area contributed by atoms with Crippen LogP contribution in [0, 0.1) is 11.2 Å². The van der Waals surface area contributed by atoms with Crippen LogP contribution < -0.4 is 5.32 Å². The minimum Gasteiger partial charge on any atom is -0.384 e. The maximum atomic E-state index is 13.8. The molecule has 3 aromatic rings. The molecule has 1 aromatic carbocycles. The Labute approximate surface area is 152 Å². The van der Waals surface area contributed by atoms with E-state index in [9.17, 15) is 4.39 Å². The third-order valence-corrected chi connectivity index (χ3v) is 3.89. The highest BCUT2D eigenvalue weighted by molar-refractivity contribution is 6.08. The van der Waals surface area contributed by atoms with Gasteiger partial charge in [0.2, 0.25) is 0 Å². The van der Waals surface area contributed by atoms with Crippen molar-refractivity contribution in [3.63, 3.8) is 0 Å². The Morgan fingerprint density at radius 3 is 2.50 bits per heavy atom. The second-order valence-electron chi connectivity index (χ2n) is 5.69. The largest absolute Gasteiger partial charge is 0.384 e. The van der Waals surface area contributed by atoms with E-state index in [1.54, 1.807) is 42.9 Å². The van der Waals surface area contributed by atoms with Gasteiger partial charge in [0.1, 0.15) is 5.82 Å². The third kappa shape index (κ3) is 4.60. The van der Waals surface area contributed by atoms with Crippen LogP contribution in [0.15, 0.2) is 79.3 Å². The highest BCUT2D eigenvalue weighted by Gasteiger charge is 2.06. The van der Waals surface area contributed by atoms with Gasteiger partial charge in [0.05, 0.1) is 11.4 Å². The molecule has 5 heteroatoms. The highest BCUT2D eigenvalue weighted by atomic mass is 19.1. The van der Waals surface area contributed by atoms with Gasteiger partial charge >= 0.3 is 0 Å². The fourth-order valence-corrected chi connectivity index (χ4v) is 2.54. The Balaban J connectivity index is 1.77.